The predicted octanol–water partition coefficient (Wildman–Crippen LogP) is -0.561. The molecule has 0 aromatic carbocycles. The lowest BCUT2D eigenvalue weighted by atomic mass is 10.1. The van der Waals surface area contributed by atoms with Crippen molar-refractivity contribution < 1.29 is 23.4 Å². The highest BCUT2D eigenvalue weighted by Crippen LogP contribution is 2.32. The van der Waals surface area contributed by atoms with Gasteiger partial charge in [0.05, 0.1) is 12.3 Å². The van der Waals surface area contributed by atoms with Crippen molar-refractivity contribution in [1.82, 2.24) is 9.55 Å². The van der Waals surface area contributed by atoms with E-state index in [9.17, 15) is 14.0 Å². The maximum atomic E-state index is 13.5. The van der Waals surface area contributed by atoms with E-state index < -0.39 is 41.9 Å². The molecule has 1 aromatic rings. The molecular weight excluding hydrogens is 273 g/mol. The number of ether oxygens (including phenoxy) is 3. The summed E-state index contributed by atoms with van der Waals surface area (Å²) in [5, 5.41) is 0. The Morgan fingerprint density at radius 3 is 2.85 bits per heavy atom. The van der Waals surface area contributed by atoms with Crippen molar-refractivity contribution in [3.63, 3.8) is 0 Å². The van der Waals surface area contributed by atoms with Crippen LogP contribution in [0.1, 0.15) is 13.2 Å². The van der Waals surface area contributed by atoms with Crippen LogP contribution in [-0.4, -0.2) is 41.4 Å². The third-order valence-corrected chi connectivity index (χ3v) is 3.11. The molecule has 8 nitrogen and oxygen atoms in total. The molecule has 2 rings (SSSR count). The molecule has 1 aromatic heterocycles. The first-order valence-electron chi connectivity index (χ1n) is 5.81. The van der Waals surface area contributed by atoms with Crippen molar-refractivity contribution in [2.75, 3.05) is 12.8 Å². The zero-order valence-corrected chi connectivity index (χ0v) is 10.9. The normalized spacial score (nSPS) is 29.4. The van der Waals surface area contributed by atoms with Crippen molar-refractivity contribution in [2.24, 2.45) is 0 Å². The standard InChI is InChI=1S/C11H14FN3O5/c1-5-7(19-4-16)8(18-2)10(20-5)15-3-6(12)9(13)14-11(15)17/h3-5,7-8,10H,1-2H3,(H2,13,14,17)/t5?,7-,8-,10?/m1/s1. The van der Waals surface area contributed by atoms with E-state index in [4.69, 9.17) is 19.9 Å². The summed E-state index contributed by atoms with van der Waals surface area (Å²) in [6, 6.07) is 0. The van der Waals surface area contributed by atoms with E-state index >= 15 is 0 Å². The van der Waals surface area contributed by atoms with Crippen LogP contribution in [0.5, 0.6) is 0 Å². The number of carbonyl (C=O) groups is 1. The molecule has 1 fully saturated rings. The average molecular weight is 287 g/mol. The quantitative estimate of drug-likeness (QED) is 0.740. The van der Waals surface area contributed by atoms with Crippen molar-refractivity contribution in [3.05, 3.63) is 22.5 Å². The van der Waals surface area contributed by atoms with Gasteiger partial charge >= 0.3 is 5.69 Å². The SMILES string of the molecule is CO[C@H]1C(n2cc(F)c(N)nc2=O)OC(C)[C@H]1OC=O. The predicted molar refractivity (Wildman–Crippen MR) is 64.2 cm³/mol. The number of hydrogen-bond donors (Lipinski definition) is 1. The fourth-order valence-electron chi connectivity index (χ4n) is 2.17. The molecule has 0 saturated carbocycles. The van der Waals surface area contributed by atoms with Crippen LogP contribution in [0.3, 0.4) is 0 Å². The van der Waals surface area contributed by atoms with Crippen LogP contribution >= 0.6 is 0 Å². The number of aromatic nitrogens is 2. The number of halogens is 1. The zero-order valence-electron chi connectivity index (χ0n) is 10.9. The molecule has 20 heavy (non-hydrogen) atoms. The molecular formula is C11H14FN3O5. The topological polar surface area (TPSA) is 106 Å². The maximum absolute atomic E-state index is 13.5. The Bertz CT molecular complexity index is 563. The van der Waals surface area contributed by atoms with Gasteiger partial charge in [-0.05, 0) is 6.92 Å². The number of hydrogen-bond acceptors (Lipinski definition) is 7. The fourth-order valence-corrected chi connectivity index (χ4v) is 2.17. The molecule has 9 heteroatoms. The van der Waals surface area contributed by atoms with Crippen LogP contribution in [-0.2, 0) is 19.0 Å². The first-order valence-corrected chi connectivity index (χ1v) is 5.81. The van der Waals surface area contributed by atoms with Gasteiger partial charge in [0.2, 0.25) is 0 Å². The smallest absolute Gasteiger partial charge is 0.351 e. The van der Waals surface area contributed by atoms with E-state index in [1.807, 2.05) is 0 Å². The van der Waals surface area contributed by atoms with Gasteiger partial charge in [0, 0.05) is 7.11 Å². The number of methoxy groups -OCH3 is 1. The summed E-state index contributed by atoms with van der Waals surface area (Å²) in [5.41, 5.74) is 4.43. The summed E-state index contributed by atoms with van der Waals surface area (Å²) >= 11 is 0. The first-order chi connectivity index (χ1) is 9.49. The summed E-state index contributed by atoms with van der Waals surface area (Å²) in [5.74, 6) is -1.34. The molecule has 1 aliphatic heterocycles. The van der Waals surface area contributed by atoms with Gasteiger partial charge in [-0.3, -0.25) is 9.36 Å². The Hall–Kier alpha value is -2.00. The molecule has 2 N–H and O–H groups in total. The Balaban J connectivity index is 2.40. The first kappa shape index (κ1) is 14.4. The monoisotopic (exact) mass is 287 g/mol. The summed E-state index contributed by atoms with van der Waals surface area (Å²) in [7, 11) is 1.37. The second-order valence-corrected chi connectivity index (χ2v) is 4.29. The Morgan fingerprint density at radius 1 is 1.55 bits per heavy atom. The van der Waals surface area contributed by atoms with Crippen LogP contribution in [0.15, 0.2) is 11.0 Å². The maximum Gasteiger partial charge on any atom is 0.351 e. The van der Waals surface area contributed by atoms with Crippen LogP contribution in [0.25, 0.3) is 0 Å². The van der Waals surface area contributed by atoms with E-state index in [0.29, 0.717) is 0 Å². The van der Waals surface area contributed by atoms with E-state index in [-0.39, 0.29) is 6.47 Å². The van der Waals surface area contributed by atoms with Crippen LogP contribution in [0, 0.1) is 5.82 Å². The van der Waals surface area contributed by atoms with Gasteiger partial charge in [0.15, 0.2) is 24.0 Å². The van der Waals surface area contributed by atoms with Crippen LogP contribution in [0.4, 0.5) is 10.2 Å². The number of nitrogens with two attached hydrogens (primary N) is 1. The molecule has 1 saturated heterocycles. The highest BCUT2D eigenvalue weighted by Gasteiger charge is 2.46. The lowest BCUT2D eigenvalue weighted by Crippen LogP contribution is -2.38. The molecule has 0 spiro atoms. The van der Waals surface area contributed by atoms with E-state index in [1.54, 1.807) is 6.92 Å². The number of carbonyl (C=O) groups excluding carboxylic acids is 1. The van der Waals surface area contributed by atoms with Crippen molar-refractivity contribution >= 4 is 12.3 Å². The average Bonchev–Trinajstić information content (AvgIpc) is 2.71. The molecule has 4 atom stereocenters. The van der Waals surface area contributed by atoms with E-state index in [0.717, 1.165) is 10.8 Å². The van der Waals surface area contributed by atoms with Crippen molar-refractivity contribution in [2.45, 2.75) is 31.5 Å². The highest BCUT2D eigenvalue weighted by molar-refractivity contribution is 5.38. The van der Waals surface area contributed by atoms with Crippen molar-refractivity contribution in [3.8, 4) is 0 Å². The molecule has 2 unspecified atom stereocenters. The number of rotatable bonds is 4. The number of nitrogen functional groups attached to an aromatic ring is 1. The van der Waals surface area contributed by atoms with E-state index in [1.165, 1.54) is 7.11 Å². The lowest BCUT2D eigenvalue weighted by Gasteiger charge is -2.21. The second kappa shape index (κ2) is 5.55. The van der Waals surface area contributed by atoms with E-state index in [2.05, 4.69) is 4.98 Å². The molecule has 0 bridgehead atoms. The second-order valence-electron chi connectivity index (χ2n) is 4.29. The summed E-state index contributed by atoms with van der Waals surface area (Å²) < 4.78 is 29.9. The summed E-state index contributed by atoms with van der Waals surface area (Å²) in [4.78, 5) is 25.6. The van der Waals surface area contributed by atoms with Crippen LogP contribution < -0.4 is 11.4 Å². The van der Waals surface area contributed by atoms with Crippen LogP contribution in [0.2, 0.25) is 0 Å². The van der Waals surface area contributed by atoms with Crippen molar-refractivity contribution in [1.29, 1.82) is 0 Å². The fraction of sp³-hybridized carbons (Fsp3) is 0.545. The molecule has 2 heterocycles. The molecule has 0 radical (unpaired) electrons. The minimum absolute atomic E-state index is 0.267. The Labute approximate surface area is 113 Å². The Morgan fingerprint density at radius 2 is 2.25 bits per heavy atom. The summed E-state index contributed by atoms with van der Waals surface area (Å²) in [6.45, 7) is 1.91. The molecule has 110 valence electrons. The van der Waals surface area contributed by atoms with Gasteiger partial charge in [0.25, 0.3) is 6.47 Å². The highest BCUT2D eigenvalue weighted by atomic mass is 19.1. The summed E-state index contributed by atoms with van der Waals surface area (Å²) in [6.07, 6.45) is -2.08. The largest absolute Gasteiger partial charge is 0.459 e. The lowest BCUT2D eigenvalue weighted by molar-refractivity contribution is -0.140. The minimum Gasteiger partial charge on any atom is -0.459 e. The number of nitrogens with zero attached hydrogens (tertiary/aromatic N) is 2. The van der Waals surface area contributed by atoms with Gasteiger partial charge in [-0.15, -0.1) is 0 Å². The van der Waals surface area contributed by atoms with Gasteiger partial charge in [0.1, 0.15) is 6.10 Å². The van der Waals surface area contributed by atoms with Gasteiger partial charge in [-0.1, -0.05) is 0 Å². The van der Waals surface area contributed by atoms with Gasteiger partial charge in [-0.25, -0.2) is 9.18 Å². The molecule has 0 aliphatic carbocycles. The van der Waals surface area contributed by atoms with Gasteiger partial charge in [-0.2, -0.15) is 4.98 Å². The number of anilines is 1. The molecule has 0 amide bonds. The zero-order chi connectivity index (χ0) is 14.9. The molecule has 1 aliphatic rings. The third kappa shape index (κ3) is 2.37. The van der Waals surface area contributed by atoms with Gasteiger partial charge < -0.3 is 19.9 Å². The Kier molecular flexibility index (Phi) is 4.00. The minimum atomic E-state index is -0.963. The third-order valence-electron chi connectivity index (χ3n) is 3.11.